The van der Waals surface area contributed by atoms with E-state index in [1.165, 1.54) is 10.4 Å². The molecule has 0 saturated heterocycles. The number of nitrogens with two attached hydrogens (primary N) is 1. The Morgan fingerprint density at radius 1 is 1.43 bits per heavy atom. The molecule has 1 amide bonds. The second kappa shape index (κ2) is 5.60. The van der Waals surface area contributed by atoms with Crippen molar-refractivity contribution in [1.82, 2.24) is 9.55 Å². The number of amides is 1. The SMILES string of the molecule is CCc1nc2sc3c(c2c(=O)n1CCCC(N)=O)CCC3. The molecule has 1 aliphatic carbocycles. The summed E-state index contributed by atoms with van der Waals surface area (Å²) >= 11 is 1.67. The van der Waals surface area contributed by atoms with Crippen LogP contribution in [0.3, 0.4) is 0 Å². The fourth-order valence-electron chi connectivity index (χ4n) is 3.03. The van der Waals surface area contributed by atoms with Crippen LogP contribution in [0.15, 0.2) is 4.79 Å². The fraction of sp³-hybridized carbons (Fsp3) is 0.533. The summed E-state index contributed by atoms with van der Waals surface area (Å²) in [5.41, 5.74) is 6.44. The Kier molecular flexibility index (Phi) is 3.80. The van der Waals surface area contributed by atoms with Crippen LogP contribution in [0.4, 0.5) is 0 Å². The first kappa shape index (κ1) is 14.3. The molecular weight excluding hydrogens is 286 g/mol. The molecule has 2 aromatic heterocycles. The number of primary amides is 1. The second-order valence-corrected chi connectivity index (χ2v) is 6.53. The molecule has 0 saturated carbocycles. The van der Waals surface area contributed by atoms with Crippen molar-refractivity contribution >= 4 is 27.5 Å². The number of aryl methyl sites for hydroxylation is 3. The van der Waals surface area contributed by atoms with Gasteiger partial charge in [0.2, 0.25) is 5.91 Å². The van der Waals surface area contributed by atoms with E-state index in [0.29, 0.717) is 25.8 Å². The highest BCUT2D eigenvalue weighted by Gasteiger charge is 2.22. The van der Waals surface area contributed by atoms with Crippen LogP contribution >= 0.6 is 11.3 Å². The lowest BCUT2D eigenvalue weighted by Crippen LogP contribution is -2.26. The number of aromatic nitrogens is 2. The highest BCUT2D eigenvalue weighted by molar-refractivity contribution is 7.18. The Morgan fingerprint density at radius 3 is 2.95 bits per heavy atom. The average molecular weight is 305 g/mol. The van der Waals surface area contributed by atoms with E-state index < -0.39 is 0 Å². The van der Waals surface area contributed by atoms with Crippen molar-refractivity contribution in [2.45, 2.75) is 52.0 Å². The van der Waals surface area contributed by atoms with E-state index in [1.807, 2.05) is 6.92 Å². The number of fused-ring (bicyclic) bond motifs is 3. The van der Waals surface area contributed by atoms with Gasteiger partial charge in [-0.15, -0.1) is 11.3 Å². The normalized spacial score (nSPS) is 13.8. The molecule has 3 rings (SSSR count). The summed E-state index contributed by atoms with van der Waals surface area (Å²) in [6.07, 6.45) is 4.78. The summed E-state index contributed by atoms with van der Waals surface area (Å²) in [4.78, 5) is 30.6. The Labute approximate surface area is 126 Å². The Hall–Kier alpha value is -1.69. The predicted octanol–water partition coefficient (Wildman–Crippen LogP) is 1.77. The van der Waals surface area contributed by atoms with Crippen molar-refractivity contribution in [3.8, 4) is 0 Å². The first-order valence-electron chi connectivity index (χ1n) is 7.44. The van der Waals surface area contributed by atoms with Crippen LogP contribution in [-0.2, 0) is 30.6 Å². The number of nitrogens with zero attached hydrogens (tertiary/aromatic N) is 2. The van der Waals surface area contributed by atoms with E-state index >= 15 is 0 Å². The van der Waals surface area contributed by atoms with Crippen LogP contribution < -0.4 is 11.3 Å². The minimum atomic E-state index is -0.327. The number of thiophene rings is 1. The Balaban J connectivity index is 2.07. The second-order valence-electron chi connectivity index (χ2n) is 5.45. The molecule has 112 valence electrons. The van der Waals surface area contributed by atoms with E-state index in [-0.39, 0.29) is 11.5 Å². The van der Waals surface area contributed by atoms with Crippen LogP contribution in [0.25, 0.3) is 10.2 Å². The molecule has 0 spiro atoms. The zero-order valence-electron chi connectivity index (χ0n) is 12.1. The summed E-state index contributed by atoms with van der Waals surface area (Å²) in [5, 5.41) is 0.809. The lowest BCUT2D eigenvalue weighted by atomic mass is 10.2. The van der Waals surface area contributed by atoms with Crippen LogP contribution in [0.1, 0.15) is 42.5 Å². The van der Waals surface area contributed by atoms with Gasteiger partial charge < -0.3 is 5.73 Å². The first-order valence-corrected chi connectivity index (χ1v) is 8.25. The quantitative estimate of drug-likeness (QED) is 0.914. The summed E-state index contributed by atoms with van der Waals surface area (Å²) in [6, 6.07) is 0. The summed E-state index contributed by atoms with van der Waals surface area (Å²) in [7, 11) is 0. The van der Waals surface area contributed by atoms with Crippen LogP contribution in [-0.4, -0.2) is 15.5 Å². The maximum atomic E-state index is 12.8. The molecule has 0 atom stereocenters. The molecule has 0 unspecified atom stereocenters. The summed E-state index contributed by atoms with van der Waals surface area (Å²) in [6.45, 7) is 2.51. The van der Waals surface area contributed by atoms with E-state index in [1.54, 1.807) is 15.9 Å². The molecule has 0 radical (unpaired) electrons. The standard InChI is InChI=1S/C15H19N3O2S/c1-2-12-17-14-13(9-5-3-6-10(9)21-14)15(20)18(12)8-4-7-11(16)19/h2-8H2,1H3,(H2,16,19). The van der Waals surface area contributed by atoms with E-state index in [2.05, 4.69) is 4.98 Å². The van der Waals surface area contributed by atoms with Crippen LogP contribution in [0.5, 0.6) is 0 Å². The molecule has 5 nitrogen and oxygen atoms in total. The van der Waals surface area contributed by atoms with Gasteiger partial charge in [0.1, 0.15) is 10.7 Å². The molecule has 6 heteroatoms. The van der Waals surface area contributed by atoms with Gasteiger partial charge in [-0.05, 0) is 31.2 Å². The van der Waals surface area contributed by atoms with E-state index in [0.717, 1.165) is 35.3 Å². The lowest BCUT2D eigenvalue weighted by molar-refractivity contribution is -0.118. The van der Waals surface area contributed by atoms with Gasteiger partial charge in [-0.1, -0.05) is 6.92 Å². The predicted molar refractivity (Wildman–Crippen MR) is 83.7 cm³/mol. The Bertz CT molecular complexity index is 760. The number of hydrogen-bond acceptors (Lipinski definition) is 4. The number of rotatable bonds is 5. The van der Waals surface area contributed by atoms with E-state index in [4.69, 9.17) is 5.73 Å². The third kappa shape index (κ3) is 2.48. The minimum Gasteiger partial charge on any atom is -0.370 e. The van der Waals surface area contributed by atoms with Crippen molar-refractivity contribution in [2.24, 2.45) is 5.73 Å². The van der Waals surface area contributed by atoms with Crippen LogP contribution in [0.2, 0.25) is 0 Å². The third-order valence-corrected chi connectivity index (χ3v) is 5.21. The van der Waals surface area contributed by atoms with Crippen molar-refractivity contribution in [3.63, 3.8) is 0 Å². The maximum Gasteiger partial charge on any atom is 0.262 e. The molecule has 0 aliphatic heterocycles. The molecule has 2 heterocycles. The summed E-state index contributed by atoms with van der Waals surface area (Å²) < 4.78 is 1.73. The van der Waals surface area contributed by atoms with Gasteiger partial charge >= 0.3 is 0 Å². The van der Waals surface area contributed by atoms with Gasteiger partial charge in [-0.2, -0.15) is 0 Å². The fourth-order valence-corrected chi connectivity index (χ4v) is 4.30. The molecule has 0 aromatic carbocycles. The van der Waals surface area contributed by atoms with E-state index in [9.17, 15) is 9.59 Å². The molecular formula is C15H19N3O2S. The number of carbonyl (C=O) groups is 1. The van der Waals surface area contributed by atoms with Gasteiger partial charge in [0.15, 0.2) is 0 Å². The molecule has 21 heavy (non-hydrogen) atoms. The average Bonchev–Trinajstić information content (AvgIpc) is 3.00. The highest BCUT2D eigenvalue weighted by Crippen LogP contribution is 2.34. The monoisotopic (exact) mass is 305 g/mol. The molecule has 0 bridgehead atoms. The number of carbonyl (C=O) groups excluding carboxylic acids is 1. The largest absolute Gasteiger partial charge is 0.370 e. The minimum absolute atomic E-state index is 0.0562. The van der Waals surface area contributed by atoms with Crippen LogP contribution in [0, 0.1) is 0 Å². The molecule has 2 N–H and O–H groups in total. The molecule has 2 aromatic rings. The van der Waals surface area contributed by atoms with Gasteiger partial charge in [0.25, 0.3) is 5.56 Å². The Morgan fingerprint density at radius 2 is 2.24 bits per heavy atom. The topological polar surface area (TPSA) is 78.0 Å². The van der Waals surface area contributed by atoms with Gasteiger partial charge in [0.05, 0.1) is 5.39 Å². The van der Waals surface area contributed by atoms with Crippen molar-refractivity contribution in [3.05, 3.63) is 26.6 Å². The van der Waals surface area contributed by atoms with Crippen molar-refractivity contribution < 1.29 is 4.79 Å². The number of hydrogen-bond donors (Lipinski definition) is 1. The third-order valence-electron chi connectivity index (χ3n) is 4.03. The van der Waals surface area contributed by atoms with Crippen molar-refractivity contribution in [2.75, 3.05) is 0 Å². The zero-order valence-corrected chi connectivity index (χ0v) is 13.0. The zero-order chi connectivity index (χ0) is 15.0. The first-order chi connectivity index (χ1) is 10.1. The highest BCUT2D eigenvalue weighted by atomic mass is 32.1. The van der Waals surface area contributed by atoms with Gasteiger partial charge in [-0.3, -0.25) is 14.2 Å². The lowest BCUT2D eigenvalue weighted by Gasteiger charge is -2.11. The van der Waals surface area contributed by atoms with Crippen molar-refractivity contribution in [1.29, 1.82) is 0 Å². The maximum absolute atomic E-state index is 12.8. The van der Waals surface area contributed by atoms with Gasteiger partial charge in [-0.25, -0.2) is 4.98 Å². The smallest absolute Gasteiger partial charge is 0.262 e. The summed E-state index contributed by atoms with van der Waals surface area (Å²) in [5.74, 6) is 0.475. The van der Waals surface area contributed by atoms with Gasteiger partial charge in [0, 0.05) is 24.3 Å². The molecule has 1 aliphatic rings. The molecule has 0 fully saturated rings.